The van der Waals surface area contributed by atoms with Crippen molar-refractivity contribution in [2.24, 2.45) is 5.92 Å². The third kappa shape index (κ3) is 3.47. The number of aromatic nitrogens is 2. The Morgan fingerprint density at radius 2 is 2.08 bits per heavy atom. The number of H-pyrrole nitrogens is 1. The Hall–Kier alpha value is -2.13. The number of aromatic amines is 1. The van der Waals surface area contributed by atoms with Crippen molar-refractivity contribution in [3.63, 3.8) is 0 Å². The van der Waals surface area contributed by atoms with E-state index in [9.17, 15) is 19.8 Å². The van der Waals surface area contributed by atoms with Gasteiger partial charge in [-0.15, -0.1) is 0 Å². The van der Waals surface area contributed by atoms with Crippen molar-refractivity contribution in [3.8, 4) is 0 Å². The minimum Gasteiger partial charge on any atom is -0.391 e. The van der Waals surface area contributed by atoms with Gasteiger partial charge in [0, 0.05) is 13.0 Å². The molecule has 2 aliphatic rings. The van der Waals surface area contributed by atoms with Crippen molar-refractivity contribution in [1.82, 2.24) is 9.97 Å². The second-order valence-electron chi connectivity index (χ2n) is 6.95. The molecule has 1 aliphatic heterocycles. The first-order valence-corrected chi connectivity index (χ1v) is 8.70. The number of anilines is 3. The zero-order valence-corrected chi connectivity index (χ0v) is 14.2. The molecular formula is C16H25N5O4. The van der Waals surface area contributed by atoms with Crippen LogP contribution in [-0.4, -0.2) is 50.9 Å². The Morgan fingerprint density at radius 3 is 2.72 bits per heavy atom. The lowest BCUT2D eigenvalue weighted by Crippen LogP contribution is -2.58. The number of nitrogen functional groups attached to an aromatic ring is 1. The van der Waals surface area contributed by atoms with E-state index in [1.54, 1.807) is 0 Å². The quantitative estimate of drug-likeness (QED) is 0.505. The van der Waals surface area contributed by atoms with Gasteiger partial charge in [0.2, 0.25) is 11.9 Å². The van der Waals surface area contributed by atoms with E-state index in [4.69, 9.17) is 5.73 Å². The van der Waals surface area contributed by atoms with Gasteiger partial charge in [0.1, 0.15) is 6.10 Å². The summed E-state index contributed by atoms with van der Waals surface area (Å²) in [6.07, 6.45) is 2.27. The van der Waals surface area contributed by atoms with Gasteiger partial charge < -0.3 is 21.3 Å². The zero-order valence-electron chi connectivity index (χ0n) is 14.2. The number of rotatable bonds is 4. The average Bonchev–Trinajstić information content (AvgIpc) is 3.05. The molecule has 1 saturated carbocycles. The van der Waals surface area contributed by atoms with Crippen LogP contribution in [0.25, 0.3) is 0 Å². The summed E-state index contributed by atoms with van der Waals surface area (Å²) >= 11 is 0. The summed E-state index contributed by atoms with van der Waals surface area (Å²) in [5.74, 6) is 0.219. The van der Waals surface area contributed by atoms with E-state index in [0.29, 0.717) is 6.42 Å². The Kier molecular flexibility index (Phi) is 4.96. The number of fused-ring (bicyclic) bond motifs is 1. The van der Waals surface area contributed by atoms with Crippen LogP contribution >= 0.6 is 0 Å². The number of hydrogen-bond donors (Lipinski definition) is 5. The molecule has 9 nitrogen and oxygen atoms in total. The first-order chi connectivity index (χ1) is 11.9. The Labute approximate surface area is 145 Å². The van der Waals surface area contributed by atoms with Gasteiger partial charge in [-0.3, -0.25) is 19.5 Å². The molecule has 1 aromatic heterocycles. The van der Waals surface area contributed by atoms with Crippen LogP contribution in [0.2, 0.25) is 0 Å². The van der Waals surface area contributed by atoms with E-state index in [0.717, 1.165) is 25.7 Å². The number of aliphatic hydroxyl groups is 2. The van der Waals surface area contributed by atoms with Crippen molar-refractivity contribution in [2.75, 3.05) is 22.5 Å². The Balaban J connectivity index is 1.98. The molecule has 6 N–H and O–H groups in total. The highest BCUT2D eigenvalue weighted by molar-refractivity contribution is 5.97. The number of nitrogens with two attached hydrogens (primary N) is 1. The third-order valence-electron chi connectivity index (χ3n) is 5.06. The van der Waals surface area contributed by atoms with E-state index in [1.165, 1.54) is 11.8 Å². The summed E-state index contributed by atoms with van der Waals surface area (Å²) in [6, 6.07) is -0.757. The summed E-state index contributed by atoms with van der Waals surface area (Å²) in [4.78, 5) is 33.2. The number of nitrogens with one attached hydrogen (secondary N) is 2. The molecule has 1 aliphatic carbocycles. The molecule has 0 radical (unpaired) electrons. The van der Waals surface area contributed by atoms with Crippen LogP contribution in [0.1, 0.15) is 39.0 Å². The highest BCUT2D eigenvalue weighted by Gasteiger charge is 2.40. The van der Waals surface area contributed by atoms with Gasteiger partial charge in [-0.2, -0.15) is 4.98 Å². The summed E-state index contributed by atoms with van der Waals surface area (Å²) in [5, 5.41) is 23.1. The Bertz CT molecular complexity index is 698. The summed E-state index contributed by atoms with van der Waals surface area (Å²) in [7, 11) is 0. The molecule has 138 valence electrons. The predicted molar refractivity (Wildman–Crippen MR) is 93.3 cm³/mol. The van der Waals surface area contributed by atoms with E-state index in [1.807, 2.05) is 0 Å². The fourth-order valence-corrected chi connectivity index (χ4v) is 3.75. The smallest absolute Gasteiger partial charge is 0.278 e. The standard InChI is InChI=1S/C16H25N5O4/c1-8(22)13(24)10-7-18-14-12(15(25)20-16(17)19-14)21(10)11(23)6-9-4-2-3-5-9/h8-10,13,22,24H,2-7H2,1H3,(H4,17,18,19,20,25)/t8-,10?,13-/m0/s1. The van der Waals surface area contributed by atoms with Gasteiger partial charge in [0.05, 0.1) is 12.1 Å². The average molecular weight is 351 g/mol. The van der Waals surface area contributed by atoms with Crippen LogP contribution in [0.3, 0.4) is 0 Å². The van der Waals surface area contributed by atoms with Gasteiger partial charge in [-0.1, -0.05) is 12.8 Å². The first kappa shape index (κ1) is 17.7. The van der Waals surface area contributed by atoms with Crippen molar-refractivity contribution >= 4 is 23.4 Å². The lowest BCUT2D eigenvalue weighted by molar-refractivity contribution is -0.121. The summed E-state index contributed by atoms with van der Waals surface area (Å²) in [6.45, 7) is 1.62. The molecule has 1 aromatic rings. The van der Waals surface area contributed by atoms with Crippen LogP contribution in [0.4, 0.5) is 17.5 Å². The monoisotopic (exact) mass is 351 g/mol. The van der Waals surface area contributed by atoms with Crippen molar-refractivity contribution in [3.05, 3.63) is 10.4 Å². The SMILES string of the molecule is C[C@H](O)[C@H](O)C1CNc2nc(N)[nH]c(=O)c2N1C(=O)CC1CCCC1. The number of amides is 1. The lowest BCUT2D eigenvalue weighted by atomic mass is 9.98. The van der Waals surface area contributed by atoms with Gasteiger partial charge >= 0.3 is 0 Å². The topological polar surface area (TPSA) is 145 Å². The molecule has 9 heteroatoms. The first-order valence-electron chi connectivity index (χ1n) is 8.70. The number of carbonyl (C=O) groups is 1. The fourth-order valence-electron chi connectivity index (χ4n) is 3.75. The molecule has 2 heterocycles. The van der Waals surface area contributed by atoms with Gasteiger partial charge in [0.15, 0.2) is 11.5 Å². The van der Waals surface area contributed by atoms with Crippen LogP contribution in [-0.2, 0) is 4.79 Å². The van der Waals surface area contributed by atoms with Crippen LogP contribution < -0.4 is 21.5 Å². The largest absolute Gasteiger partial charge is 0.391 e. The maximum absolute atomic E-state index is 13.0. The molecule has 1 unspecified atom stereocenters. The third-order valence-corrected chi connectivity index (χ3v) is 5.06. The lowest BCUT2D eigenvalue weighted by Gasteiger charge is -2.40. The zero-order chi connectivity index (χ0) is 18.1. The van der Waals surface area contributed by atoms with Gasteiger partial charge in [-0.05, 0) is 25.7 Å². The second-order valence-corrected chi connectivity index (χ2v) is 6.95. The molecule has 0 bridgehead atoms. The number of carbonyl (C=O) groups excluding carboxylic acids is 1. The molecule has 0 aromatic carbocycles. The fraction of sp³-hybridized carbons (Fsp3) is 0.688. The summed E-state index contributed by atoms with van der Waals surface area (Å²) < 4.78 is 0. The number of aliphatic hydroxyl groups excluding tert-OH is 2. The van der Waals surface area contributed by atoms with Crippen molar-refractivity contribution < 1.29 is 15.0 Å². The number of nitrogens with zero attached hydrogens (tertiary/aromatic N) is 2. The van der Waals surface area contributed by atoms with E-state index in [-0.39, 0.29) is 35.8 Å². The van der Waals surface area contributed by atoms with Crippen molar-refractivity contribution in [1.29, 1.82) is 0 Å². The molecule has 25 heavy (non-hydrogen) atoms. The highest BCUT2D eigenvalue weighted by Crippen LogP contribution is 2.33. The van der Waals surface area contributed by atoms with Crippen LogP contribution in [0.15, 0.2) is 4.79 Å². The van der Waals surface area contributed by atoms with E-state index < -0.39 is 23.8 Å². The molecule has 1 amide bonds. The van der Waals surface area contributed by atoms with E-state index >= 15 is 0 Å². The van der Waals surface area contributed by atoms with Crippen LogP contribution in [0.5, 0.6) is 0 Å². The normalized spacial score (nSPS) is 23.0. The maximum atomic E-state index is 13.0. The molecule has 0 saturated heterocycles. The second kappa shape index (κ2) is 7.01. The van der Waals surface area contributed by atoms with Crippen LogP contribution in [0, 0.1) is 5.92 Å². The molecular weight excluding hydrogens is 326 g/mol. The predicted octanol–water partition coefficient (Wildman–Crippen LogP) is -0.199. The molecule has 3 rings (SSSR count). The molecule has 3 atom stereocenters. The maximum Gasteiger partial charge on any atom is 0.278 e. The summed E-state index contributed by atoms with van der Waals surface area (Å²) in [5.41, 5.74) is 5.08. The highest BCUT2D eigenvalue weighted by atomic mass is 16.3. The van der Waals surface area contributed by atoms with E-state index in [2.05, 4.69) is 15.3 Å². The molecule has 0 spiro atoms. The van der Waals surface area contributed by atoms with Gasteiger partial charge in [0.25, 0.3) is 5.56 Å². The minimum absolute atomic E-state index is 0.0473. The minimum atomic E-state index is -1.19. The number of hydrogen-bond acceptors (Lipinski definition) is 7. The van der Waals surface area contributed by atoms with Gasteiger partial charge in [-0.25, -0.2) is 0 Å². The Morgan fingerprint density at radius 1 is 1.40 bits per heavy atom. The van der Waals surface area contributed by atoms with Crippen molar-refractivity contribution in [2.45, 2.75) is 57.3 Å². The molecule has 1 fully saturated rings.